The first-order valence-electron chi connectivity index (χ1n) is 10.6. The third-order valence-electron chi connectivity index (χ3n) is 5.20. The molecule has 2 N–H and O–H groups in total. The molecular weight excluding hydrogens is 351 g/mol. The van der Waals surface area contributed by atoms with E-state index in [2.05, 4.69) is 13.8 Å². The van der Waals surface area contributed by atoms with E-state index in [0.717, 1.165) is 44.9 Å². The van der Waals surface area contributed by atoms with E-state index in [4.69, 9.17) is 4.74 Å². The van der Waals surface area contributed by atoms with E-state index in [0.29, 0.717) is 6.42 Å². The molecule has 5 nitrogen and oxygen atoms in total. The predicted molar refractivity (Wildman–Crippen MR) is 107 cm³/mol. The van der Waals surface area contributed by atoms with Gasteiger partial charge in [-0.3, -0.25) is 9.36 Å². The van der Waals surface area contributed by atoms with Crippen LogP contribution in [-0.4, -0.2) is 27.5 Å². The van der Waals surface area contributed by atoms with Crippen molar-refractivity contribution in [3.63, 3.8) is 0 Å². The molecule has 0 aromatic carbocycles. The molecular formula is C20H41O5P. The van der Waals surface area contributed by atoms with E-state index in [9.17, 15) is 19.1 Å². The summed E-state index contributed by atoms with van der Waals surface area (Å²) < 4.78 is 17.4. The van der Waals surface area contributed by atoms with Crippen LogP contribution in [0.15, 0.2) is 0 Å². The lowest BCUT2D eigenvalue weighted by molar-refractivity contribution is -0.148. The summed E-state index contributed by atoms with van der Waals surface area (Å²) >= 11 is 0. The average molecular weight is 393 g/mol. The minimum Gasteiger partial charge on any atom is -0.465 e. The monoisotopic (exact) mass is 392 g/mol. The fourth-order valence-corrected chi connectivity index (χ4v) is 4.44. The second-order valence-electron chi connectivity index (χ2n) is 7.35. The highest BCUT2D eigenvalue weighted by atomic mass is 31.2. The minimum absolute atomic E-state index is 0.113. The van der Waals surface area contributed by atoms with Crippen LogP contribution in [0, 0.1) is 0 Å². The largest absolute Gasteiger partial charge is 0.465 e. The number of rotatable bonds is 17. The van der Waals surface area contributed by atoms with Crippen LogP contribution in [0.5, 0.6) is 0 Å². The molecule has 0 heterocycles. The summed E-state index contributed by atoms with van der Waals surface area (Å²) in [6.07, 6.45) is 12.8. The van der Waals surface area contributed by atoms with Gasteiger partial charge in [0.15, 0.2) is 5.16 Å². The maximum absolute atomic E-state index is 12.5. The Bertz CT molecular complexity index is 407. The van der Waals surface area contributed by atoms with Crippen LogP contribution in [0.25, 0.3) is 0 Å². The van der Waals surface area contributed by atoms with Crippen molar-refractivity contribution in [2.75, 3.05) is 6.61 Å². The van der Waals surface area contributed by atoms with Gasteiger partial charge in [-0.15, -0.1) is 0 Å². The summed E-state index contributed by atoms with van der Waals surface area (Å²) in [4.78, 5) is 32.2. The van der Waals surface area contributed by atoms with E-state index in [-0.39, 0.29) is 19.4 Å². The van der Waals surface area contributed by atoms with Gasteiger partial charge in [0.2, 0.25) is 0 Å². The summed E-state index contributed by atoms with van der Waals surface area (Å²) in [5.41, 5.74) is 0. The predicted octanol–water partition coefficient (Wildman–Crippen LogP) is 5.97. The highest BCUT2D eigenvalue weighted by molar-refractivity contribution is 7.54. The van der Waals surface area contributed by atoms with Crippen molar-refractivity contribution in [3.05, 3.63) is 0 Å². The molecule has 156 valence electrons. The molecule has 0 saturated carbocycles. The van der Waals surface area contributed by atoms with Crippen molar-refractivity contribution in [1.29, 1.82) is 0 Å². The van der Waals surface area contributed by atoms with Gasteiger partial charge in [-0.05, 0) is 19.3 Å². The number of unbranched alkanes of at least 4 members (excludes halogenated alkanes) is 10. The Hall–Kier alpha value is -0.380. The van der Waals surface area contributed by atoms with E-state index < -0.39 is 18.7 Å². The highest BCUT2D eigenvalue weighted by Gasteiger charge is 2.52. The molecule has 0 fully saturated rings. The first-order chi connectivity index (χ1) is 12.4. The molecule has 6 heteroatoms. The van der Waals surface area contributed by atoms with E-state index in [1.807, 2.05) is 0 Å². The van der Waals surface area contributed by atoms with E-state index in [1.165, 1.54) is 25.7 Å². The molecule has 0 aromatic heterocycles. The summed E-state index contributed by atoms with van der Waals surface area (Å²) in [7, 11) is -4.57. The van der Waals surface area contributed by atoms with E-state index in [1.54, 1.807) is 6.92 Å². The van der Waals surface area contributed by atoms with Crippen molar-refractivity contribution in [3.8, 4) is 0 Å². The summed E-state index contributed by atoms with van der Waals surface area (Å²) in [5.74, 6) is -0.713. The van der Waals surface area contributed by atoms with Crippen LogP contribution in [0.3, 0.4) is 0 Å². The molecule has 1 unspecified atom stereocenters. The quantitative estimate of drug-likeness (QED) is 0.181. The molecule has 0 aliphatic heterocycles. The molecule has 0 aliphatic carbocycles. The lowest BCUT2D eigenvalue weighted by atomic mass is 9.96. The molecule has 0 amide bonds. The highest BCUT2D eigenvalue weighted by Crippen LogP contribution is 2.56. The topological polar surface area (TPSA) is 83.8 Å². The Morgan fingerprint density at radius 2 is 1.27 bits per heavy atom. The number of hydrogen-bond donors (Lipinski definition) is 2. The lowest BCUT2D eigenvalue weighted by Gasteiger charge is -2.31. The van der Waals surface area contributed by atoms with Crippen molar-refractivity contribution >= 4 is 13.6 Å². The molecule has 0 aromatic rings. The first kappa shape index (κ1) is 25.6. The van der Waals surface area contributed by atoms with Gasteiger partial charge >= 0.3 is 13.6 Å². The third kappa shape index (κ3) is 9.53. The molecule has 0 radical (unpaired) electrons. The maximum atomic E-state index is 12.5. The van der Waals surface area contributed by atoms with Crippen molar-refractivity contribution in [2.45, 2.75) is 116 Å². The normalized spacial score (nSPS) is 14.2. The second-order valence-corrected chi connectivity index (χ2v) is 9.29. The fourth-order valence-electron chi connectivity index (χ4n) is 3.27. The Morgan fingerprint density at radius 1 is 0.808 bits per heavy atom. The maximum Gasteiger partial charge on any atom is 0.342 e. The first-order valence-corrected chi connectivity index (χ1v) is 12.2. The van der Waals surface area contributed by atoms with Crippen LogP contribution >= 0.6 is 7.60 Å². The number of carbonyl (C=O) groups is 1. The van der Waals surface area contributed by atoms with Gasteiger partial charge in [-0.25, -0.2) is 0 Å². The number of ether oxygens (including phenoxy) is 1. The van der Waals surface area contributed by atoms with E-state index >= 15 is 0 Å². The zero-order valence-electron chi connectivity index (χ0n) is 17.2. The smallest absolute Gasteiger partial charge is 0.342 e. The van der Waals surface area contributed by atoms with Crippen molar-refractivity contribution in [1.82, 2.24) is 0 Å². The standard InChI is InChI=1S/C20H41O5P/c1-4-7-9-11-13-15-17-20(6-3,26(22,23)24)19(21)25-18-16-14-12-10-8-5-2/h4-18H2,1-3H3,(H2,22,23,24). The van der Waals surface area contributed by atoms with Crippen molar-refractivity contribution < 1.29 is 23.9 Å². The summed E-state index contributed by atoms with van der Waals surface area (Å²) in [6.45, 7) is 6.24. The Balaban J connectivity index is 4.47. The average Bonchev–Trinajstić information content (AvgIpc) is 2.59. The van der Waals surface area contributed by atoms with Crippen LogP contribution in [0.1, 0.15) is 111 Å². The van der Waals surface area contributed by atoms with Gasteiger partial charge in [-0.2, -0.15) is 0 Å². The van der Waals surface area contributed by atoms with Gasteiger partial charge in [-0.1, -0.05) is 91.4 Å². The summed E-state index contributed by atoms with van der Waals surface area (Å²) in [6, 6.07) is 0. The van der Waals surface area contributed by atoms with Crippen LogP contribution in [0.4, 0.5) is 0 Å². The SMILES string of the molecule is CCCCCCCCOC(=O)C(CC)(CCCCCCCC)P(=O)(O)O. The molecule has 0 rings (SSSR count). The zero-order chi connectivity index (χ0) is 19.9. The lowest BCUT2D eigenvalue weighted by Crippen LogP contribution is -2.39. The van der Waals surface area contributed by atoms with Crippen LogP contribution in [-0.2, 0) is 14.1 Å². The Labute approximate surface area is 160 Å². The second kappa shape index (κ2) is 14.6. The molecule has 0 aliphatic rings. The number of hydrogen-bond acceptors (Lipinski definition) is 3. The molecule has 0 bridgehead atoms. The molecule has 0 saturated heterocycles. The molecule has 1 atom stereocenters. The molecule has 26 heavy (non-hydrogen) atoms. The number of carbonyl (C=O) groups excluding carboxylic acids is 1. The third-order valence-corrected chi connectivity index (χ3v) is 7.03. The summed E-state index contributed by atoms with van der Waals surface area (Å²) in [5, 5.41) is -1.67. The van der Waals surface area contributed by atoms with Gasteiger partial charge in [0.1, 0.15) is 0 Å². The van der Waals surface area contributed by atoms with Crippen LogP contribution in [0.2, 0.25) is 0 Å². The fraction of sp³-hybridized carbons (Fsp3) is 0.950. The van der Waals surface area contributed by atoms with Gasteiger partial charge in [0.05, 0.1) is 6.61 Å². The number of esters is 1. The minimum atomic E-state index is -4.57. The van der Waals surface area contributed by atoms with Crippen molar-refractivity contribution in [2.24, 2.45) is 0 Å². The van der Waals surface area contributed by atoms with Crippen LogP contribution < -0.4 is 0 Å². The molecule has 0 spiro atoms. The Kier molecular flexibility index (Phi) is 14.4. The van der Waals surface area contributed by atoms with Gasteiger partial charge in [0.25, 0.3) is 0 Å². The van der Waals surface area contributed by atoms with Gasteiger partial charge in [0, 0.05) is 0 Å². The van der Waals surface area contributed by atoms with Gasteiger partial charge < -0.3 is 14.5 Å². The Morgan fingerprint density at radius 3 is 1.73 bits per heavy atom. The zero-order valence-corrected chi connectivity index (χ0v) is 18.1.